The van der Waals surface area contributed by atoms with E-state index in [-0.39, 0.29) is 12.5 Å². The Kier molecular flexibility index (Phi) is 4.92. The monoisotopic (exact) mass is 439 g/mol. The van der Waals surface area contributed by atoms with Crippen molar-refractivity contribution in [2.45, 2.75) is 37.2 Å². The zero-order chi connectivity index (χ0) is 20.7. The first-order chi connectivity index (χ1) is 14.5. The van der Waals surface area contributed by atoms with Gasteiger partial charge in [0.25, 0.3) is 0 Å². The second-order valence-electron chi connectivity index (χ2n) is 7.61. The molecular weight excluding hydrogens is 418 g/mol. The van der Waals surface area contributed by atoms with Gasteiger partial charge in [-0.3, -0.25) is 9.78 Å². The summed E-state index contributed by atoms with van der Waals surface area (Å²) in [6.07, 6.45) is 3.40. The zero-order valence-corrected chi connectivity index (χ0v) is 18.0. The number of nitrogens with zero attached hydrogens (tertiary/aromatic N) is 3. The molecule has 8 heteroatoms. The highest BCUT2D eigenvalue weighted by Gasteiger charge is 2.34. The lowest BCUT2D eigenvalue weighted by Gasteiger charge is -2.27. The zero-order valence-electron chi connectivity index (χ0n) is 16.3. The number of thiophene rings is 1. The van der Waals surface area contributed by atoms with Crippen LogP contribution in [-0.2, 0) is 40.7 Å². The van der Waals surface area contributed by atoms with Gasteiger partial charge in [0.2, 0.25) is 15.9 Å². The molecule has 0 atom stereocenters. The number of aromatic nitrogens is 1. The predicted octanol–water partition coefficient (Wildman–Crippen LogP) is 3.37. The maximum absolute atomic E-state index is 13.7. The Balaban J connectivity index is 1.54. The molecule has 154 valence electrons. The molecule has 0 bridgehead atoms. The van der Waals surface area contributed by atoms with E-state index in [1.54, 1.807) is 29.7 Å². The minimum Gasteiger partial charge on any atom is -0.312 e. The molecule has 4 heterocycles. The van der Waals surface area contributed by atoms with E-state index in [4.69, 9.17) is 0 Å². The van der Waals surface area contributed by atoms with E-state index in [1.807, 2.05) is 39.9 Å². The average Bonchev–Trinajstić information content (AvgIpc) is 3.42. The Bertz CT molecular complexity index is 1190. The molecule has 0 N–H and O–H groups in total. The lowest BCUT2D eigenvalue weighted by molar-refractivity contribution is -0.118. The highest BCUT2D eigenvalue weighted by Crippen LogP contribution is 2.39. The summed E-state index contributed by atoms with van der Waals surface area (Å²) in [5.41, 5.74) is 4.50. The molecule has 0 unspecified atom stereocenters. The fourth-order valence-corrected chi connectivity index (χ4v) is 6.37. The van der Waals surface area contributed by atoms with Crippen molar-refractivity contribution in [2.24, 2.45) is 0 Å². The Hall–Kier alpha value is -2.55. The Labute approximate surface area is 179 Å². The summed E-state index contributed by atoms with van der Waals surface area (Å²) in [7, 11) is -3.74. The van der Waals surface area contributed by atoms with E-state index in [1.165, 1.54) is 4.31 Å². The van der Waals surface area contributed by atoms with E-state index < -0.39 is 10.0 Å². The van der Waals surface area contributed by atoms with Gasteiger partial charge in [-0.15, -0.1) is 0 Å². The Morgan fingerprint density at radius 2 is 1.90 bits per heavy atom. The van der Waals surface area contributed by atoms with E-state index in [2.05, 4.69) is 4.98 Å². The Morgan fingerprint density at radius 1 is 1.07 bits per heavy atom. The third-order valence-electron chi connectivity index (χ3n) is 5.67. The van der Waals surface area contributed by atoms with Crippen LogP contribution in [0.1, 0.15) is 28.8 Å². The van der Waals surface area contributed by atoms with Crippen LogP contribution in [0.15, 0.2) is 58.3 Å². The highest BCUT2D eigenvalue weighted by molar-refractivity contribution is 7.89. The van der Waals surface area contributed by atoms with Gasteiger partial charge in [0.15, 0.2) is 0 Å². The molecule has 0 spiro atoms. The van der Waals surface area contributed by atoms with Gasteiger partial charge in [0, 0.05) is 25.7 Å². The molecule has 0 saturated carbocycles. The molecule has 30 heavy (non-hydrogen) atoms. The summed E-state index contributed by atoms with van der Waals surface area (Å²) < 4.78 is 28.9. The van der Waals surface area contributed by atoms with Crippen LogP contribution in [-0.4, -0.2) is 30.2 Å². The lowest BCUT2D eigenvalue weighted by Crippen LogP contribution is -2.33. The highest BCUT2D eigenvalue weighted by atomic mass is 32.2. The van der Waals surface area contributed by atoms with Crippen molar-refractivity contribution in [3.05, 3.63) is 75.7 Å². The molecule has 0 aliphatic carbocycles. The minimum atomic E-state index is -3.74. The predicted molar refractivity (Wildman–Crippen MR) is 116 cm³/mol. The number of aryl methyl sites for hydroxylation is 1. The summed E-state index contributed by atoms with van der Waals surface area (Å²) in [5.74, 6) is 0.131. The average molecular weight is 440 g/mol. The van der Waals surface area contributed by atoms with Crippen LogP contribution in [0.3, 0.4) is 0 Å². The number of carbonyl (C=O) groups is 1. The fraction of sp³-hybridized carbons (Fsp3) is 0.273. The van der Waals surface area contributed by atoms with Crippen LogP contribution < -0.4 is 4.90 Å². The van der Waals surface area contributed by atoms with Crippen LogP contribution in [0.25, 0.3) is 0 Å². The molecule has 3 aromatic rings. The summed E-state index contributed by atoms with van der Waals surface area (Å²) in [6.45, 7) is 1.13. The van der Waals surface area contributed by atoms with Gasteiger partial charge in [-0.25, -0.2) is 8.42 Å². The smallest absolute Gasteiger partial charge is 0.243 e. The van der Waals surface area contributed by atoms with Crippen molar-refractivity contribution < 1.29 is 13.2 Å². The van der Waals surface area contributed by atoms with Crippen molar-refractivity contribution in [1.29, 1.82) is 0 Å². The van der Waals surface area contributed by atoms with E-state index in [9.17, 15) is 13.2 Å². The standard InChI is InChI=1S/C22H21N3O3S2/c26-21-5-4-17-11-20(12-18-6-9-25(21)22(17)18)30(27,28)24(13-16-7-10-29-15-16)14-19-3-1-2-8-23-19/h1-3,7-8,10-12,15H,4-6,9,13-14H2. The number of hydrogen-bond donors (Lipinski definition) is 0. The van der Waals surface area contributed by atoms with Crippen molar-refractivity contribution in [3.63, 3.8) is 0 Å². The second kappa shape index (κ2) is 7.61. The number of carbonyl (C=O) groups excluding carboxylic acids is 1. The largest absolute Gasteiger partial charge is 0.312 e. The molecule has 2 aliphatic rings. The van der Waals surface area contributed by atoms with Crippen molar-refractivity contribution in [1.82, 2.24) is 9.29 Å². The number of pyridine rings is 1. The summed E-state index contributed by atoms with van der Waals surface area (Å²) in [4.78, 5) is 18.6. The molecule has 5 rings (SSSR count). The molecule has 6 nitrogen and oxygen atoms in total. The number of sulfonamides is 1. The number of amides is 1. The van der Waals surface area contributed by atoms with Crippen molar-refractivity contribution >= 4 is 33.0 Å². The molecule has 2 aliphatic heterocycles. The summed E-state index contributed by atoms with van der Waals surface area (Å²) in [6, 6.07) is 11.0. The first-order valence-electron chi connectivity index (χ1n) is 9.90. The van der Waals surface area contributed by atoms with Gasteiger partial charge in [-0.05, 0) is 70.6 Å². The maximum atomic E-state index is 13.7. The second-order valence-corrected chi connectivity index (χ2v) is 10.3. The lowest BCUT2D eigenvalue weighted by atomic mass is 10.00. The topological polar surface area (TPSA) is 70.6 Å². The van der Waals surface area contributed by atoms with Gasteiger partial charge in [0.1, 0.15) is 0 Å². The molecule has 0 saturated heterocycles. The third kappa shape index (κ3) is 3.45. The SMILES string of the molecule is O=C1CCc2cc(S(=O)(=O)N(Cc3ccsc3)Cc3ccccn3)cc3c2N1CC3. The fourth-order valence-electron chi connectivity index (χ4n) is 4.21. The minimum absolute atomic E-state index is 0.131. The van der Waals surface area contributed by atoms with Crippen LogP contribution in [0, 0.1) is 0 Å². The van der Waals surface area contributed by atoms with Crippen LogP contribution >= 0.6 is 11.3 Å². The van der Waals surface area contributed by atoms with E-state index >= 15 is 0 Å². The molecule has 2 aromatic heterocycles. The van der Waals surface area contributed by atoms with Gasteiger partial charge in [-0.2, -0.15) is 15.6 Å². The Morgan fingerprint density at radius 3 is 2.63 bits per heavy atom. The van der Waals surface area contributed by atoms with Crippen LogP contribution in [0.5, 0.6) is 0 Å². The van der Waals surface area contributed by atoms with Gasteiger partial charge >= 0.3 is 0 Å². The molecule has 1 amide bonds. The van der Waals surface area contributed by atoms with Gasteiger partial charge in [-0.1, -0.05) is 6.07 Å². The quantitative estimate of drug-likeness (QED) is 0.590. The van der Waals surface area contributed by atoms with E-state index in [0.717, 1.165) is 22.4 Å². The number of benzene rings is 1. The van der Waals surface area contributed by atoms with Crippen LogP contribution in [0.2, 0.25) is 0 Å². The van der Waals surface area contributed by atoms with Crippen molar-refractivity contribution in [3.8, 4) is 0 Å². The van der Waals surface area contributed by atoms with Gasteiger partial charge < -0.3 is 4.90 Å². The number of rotatable bonds is 6. The van der Waals surface area contributed by atoms with Crippen molar-refractivity contribution in [2.75, 3.05) is 11.4 Å². The van der Waals surface area contributed by atoms with Gasteiger partial charge in [0.05, 0.1) is 22.8 Å². The van der Waals surface area contributed by atoms with Crippen LogP contribution in [0.4, 0.5) is 5.69 Å². The maximum Gasteiger partial charge on any atom is 0.243 e. The third-order valence-corrected chi connectivity index (χ3v) is 8.17. The number of hydrogen-bond acceptors (Lipinski definition) is 5. The molecule has 0 fully saturated rings. The van der Waals surface area contributed by atoms with E-state index in [0.29, 0.717) is 42.9 Å². The first-order valence-corrected chi connectivity index (χ1v) is 12.3. The molecular formula is C22H21N3O3S2. The molecule has 1 aromatic carbocycles. The normalized spacial score (nSPS) is 15.6. The first kappa shape index (κ1) is 19.4. The number of anilines is 1. The summed E-state index contributed by atoms with van der Waals surface area (Å²) >= 11 is 1.55. The summed E-state index contributed by atoms with van der Waals surface area (Å²) in [5, 5.41) is 3.92. The molecule has 0 radical (unpaired) electrons.